The molecule has 0 radical (unpaired) electrons. The molecule has 0 aliphatic heterocycles. The van der Waals surface area contributed by atoms with Crippen LogP contribution < -0.4 is 0 Å². The van der Waals surface area contributed by atoms with Crippen LogP contribution in [0.1, 0.15) is 11.1 Å². The van der Waals surface area contributed by atoms with Gasteiger partial charge in [-0.15, -0.1) is 0 Å². The van der Waals surface area contributed by atoms with Gasteiger partial charge in [0.25, 0.3) is 0 Å². The number of aryl methyl sites for hydroxylation is 2. The summed E-state index contributed by atoms with van der Waals surface area (Å²) in [6.07, 6.45) is 0. The summed E-state index contributed by atoms with van der Waals surface area (Å²) < 4.78 is 6.21. The number of benzene rings is 9. The van der Waals surface area contributed by atoms with E-state index in [1.807, 2.05) is 12.1 Å². The third-order valence-electron chi connectivity index (χ3n) is 10.7. The van der Waals surface area contributed by atoms with Gasteiger partial charge in [-0.25, -0.2) is 0 Å². The average Bonchev–Trinajstić information content (AvgIpc) is 3.58. The Morgan fingerprint density at radius 2 is 0.755 bits per heavy atom. The average molecular weight is 677 g/mol. The highest BCUT2D eigenvalue weighted by atomic mass is 16.3. The molecule has 0 saturated carbocycles. The smallest absolute Gasteiger partial charge is 0.135 e. The molecule has 0 N–H and O–H groups in total. The third-order valence-corrected chi connectivity index (χ3v) is 10.7. The number of rotatable bonds is 5. The van der Waals surface area contributed by atoms with Gasteiger partial charge in [0, 0.05) is 10.8 Å². The topological polar surface area (TPSA) is 13.1 Å². The van der Waals surface area contributed by atoms with Crippen molar-refractivity contribution >= 4 is 43.5 Å². The number of para-hydroxylation sites is 1. The molecule has 10 rings (SSSR count). The van der Waals surface area contributed by atoms with Gasteiger partial charge >= 0.3 is 0 Å². The van der Waals surface area contributed by atoms with Crippen LogP contribution in [-0.4, -0.2) is 0 Å². The molecule has 0 atom stereocenters. The van der Waals surface area contributed by atoms with Crippen LogP contribution in [0.2, 0.25) is 0 Å². The lowest BCUT2D eigenvalue weighted by atomic mass is 9.84. The van der Waals surface area contributed by atoms with Gasteiger partial charge in [0.2, 0.25) is 0 Å². The molecule has 0 aliphatic rings. The van der Waals surface area contributed by atoms with Crippen molar-refractivity contribution in [2.24, 2.45) is 0 Å². The molecule has 0 spiro atoms. The molecule has 1 heterocycles. The Bertz CT molecular complexity index is 2920. The normalized spacial score (nSPS) is 11.6. The Kier molecular flexibility index (Phi) is 7.33. The van der Waals surface area contributed by atoms with Gasteiger partial charge in [-0.1, -0.05) is 175 Å². The molecule has 1 heteroatoms. The van der Waals surface area contributed by atoms with E-state index in [0.29, 0.717) is 0 Å². The monoisotopic (exact) mass is 676 g/mol. The van der Waals surface area contributed by atoms with Crippen molar-refractivity contribution in [3.8, 4) is 55.6 Å². The van der Waals surface area contributed by atoms with E-state index in [4.69, 9.17) is 4.42 Å². The minimum absolute atomic E-state index is 0.906. The van der Waals surface area contributed by atoms with Gasteiger partial charge in [0.1, 0.15) is 11.2 Å². The maximum atomic E-state index is 6.21. The molecule has 0 bridgehead atoms. The maximum absolute atomic E-state index is 6.21. The van der Waals surface area contributed by atoms with Crippen molar-refractivity contribution < 1.29 is 4.42 Å². The van der Waals surface area contributed by atoms with Crippen LogP contribution in [0.15, 0.2) is 186 Å². The van der Waals surface area contributed by atoms with E-state index in [2.05, 4.69) is 184 Å². The summed E-state index contributed by atoms with van der Waals surface area (Å²) in [7, 11) is 0. The Balaban J connectivity index is 1.18. The first-order valence-corrected chi connectivity index (χ1v) is 18.3. The highest BCUT2D eigenvalue weighted by Gasteiger charge is 2.19. The van der Waals surface area contributed by atoms with Crippen LogP contribution in [0, 0.1) is 13.8 Å². The van der Waals surface area contributed by atoms with Gasteiger partial charge in [0.15, 0.2) is 0 Å². The zero-order chi connectivity index (χ0) is 35.5. The molecule has 0 fully saturated rings. The first-order valence-electron chi connectivity index (χ1n) is 18.3. The van der Waals surface area contributed by atoms with Crippen molar-refractivity contribution in [2.45, 2.75) is 13.8 Å². The van der Waals surface area contributed by atoms with E-state index in [-0.39, 0.29) is 0 Å². The van der Waals surface area contributed by atoms with Gasteiger partial charge < -0.3 is 4.42 Å². The Hall–Kier alpha value is -6.70. The van der Waals surface area contributed by atoms with E-state index in [1.54, 1.807) is 0 Å². The number of hydrogen-bond donors (Lipinski definition) is 0. The predicted octanol–water partition coefficient (Wildman–Crippen LogP) is 14.8. The Labute approximate surface area is 309 Å². The fraction of sp³-hybridized carbons (Fsp3) is 0.0385. The molecule has 10 aromatic rings. The van der Waals surface area contributed by atoms with Crippen molar-refractivity contribution in [3.63, 3.8) is 0 Å². The molecule has 0 aliphatic carbocycles. The second kappa shape index (κ2) is 12.5. The molecular weight excluding hydrogens is 641 g/mol. The van der Waals surface area contributed by atoms with Crippen LogP contribution in [-0.2, 0) is 0 Å². The van der Waals surface area contributed by atoms with Gasteiger partial charge in [-0.3, -0.25) is 0 Å². The maximum Gasteiger partial charge on any atom is 0.135 e. The molecule has 1 nitrogen and oxygen atoms in total. The molecule has 53 heavy (non-hydrogen) atoms. The molecule has 1 aromatic heterocycles. The van der Waals surface area contributed by atoms with Crippen LogP contribution in [0.3, 0.4) is 0 Å². The quantitative estimate of drug-likeness (QED) is 0.165. The summed E-state index contributed by atoms with van der Waals surface area (Å²) in [5.41, 5.74) is 16.6. The second-order valence-electron chi connectivity index (χ2n) is 14.2. The predicted molar refractivity (Wildman–Crippen MR) is 225 cm³/mol. The lowest BCUT2D eigenvalue weighted by Crippen LogP contribution is -1.93. The van der Waals surface area contributed by atoms with E-state index < -0.39 is 0 Å². The van der Waals surface area contributed by atoms with Gasteiger partial charge in [-0.05, 0) is 109 Å². The van der Waals surface area contributed by atoms with Crippen LogP contribution in [0.4, 0.5) is 0 Å². The summed E-state index contributed by atoms with van der Waals surface area (Å²) >= 11 is 0. The van der Waals surface area contributed by atoms with Crippen LogP contribution in [0.25, 0.3) is 99.1 Å². The lowest BCUT2D eigenvalue weighted by molar-refractivity contribution is 0.669. The minimum Gasteiger partial charge on any atom is -0.456 e. The minimum atomic E-state index is 0.906. The number of fused-ring (bicyclic) bond motifs is 5. The van der Waals surface area contributed by atoms with Gasteiger partial charge in [-0.2, -0.15) is 0 Å². The lowest BCUT2D eigenvalue weighted by Gasteiger charge is -2.19. The van der Waals surface area contributed by atoms with E-state index in [0.717, 1.165) is 21.9 Å². The Morgan fingerprint density at radius 1 is 0.283 bits per heavy atom. The van der Waals surface area contributed by atoms with E-state index >= 15 is 0 Å². The summed E-state index contributed by atoms with van der Waals surface area (Å²) in [6, 6.07) is 66.3. The van der Waals surface area contributed by atoms with Crippen LogP contribution >= 0.6 is 0 Å². The molecule has 9 aromatic carbocycles. The fourth-order valence-electron chi connectivity index (χ4n) is 8.53. The van der Waals surface area contributed by atoms with Crippen molar-refractivity contribution in [2.75, 3.05) is 0 Å². The summed E-state index contributed by atoms with van der Waals surface area (Å²) in [5, 5.41) is 7.34. The van der Waals surface area contributed by atoms with E-state index in [1.165, 1.54) is 88.3 Å². The SMILES string of the molecule is Cc1cc(C)cc(-c2c3ccccc3c(-c3ccc(-c4c(-c5ccccc5)cccc4-c4ccc5oc6ccccc6c5c4)cc3)c3ccccc23)c1. The first kappa shape index (κ1) is 31.1. The number of furan rings is 1. The van der Waals surface area contributed by atoms with Crippen LogP contribution in [0.5, 0.6) is 0 Å². The fourth-order valence-corrected chi connectivity index (χ4v) is 8.53. The van der Waals surface area contributed by atoms with Crippen molar-refractivity contribution in [1.29, 1.82) is 0 Å². The first-order chi connectivity index (χ1) is 26.1. The third kappa shape index (κ3) is 5.24. The summed E-state index contributed by atoms with van der Waals surface area (Å²) in [5.74, 6) is 0. The summed E-state index contributed by atoms with van der Waals surface area (Å²) in [4.78, 5) is 0. The second-order valence-corrected chi connectivity index (χ2v) is 14.2. The molecule has 0 saturated heterocycles. The number of hydrogen-bond acceptors (Lipinski definition) is 1. The zero-order valence-electron chi connectivity index (χ0n) is 29.7. The molecule has 0 unspecified atom stereocenters. The zero-order valence-corrected chi connectivity index (χ0v) is 29.7. The molecule has 0 amide bonds. The standard InChI is InChI=1S/C52H36O/c1-33-29-34(2)31-39(30-33)52-45-18-8-6-16-43(45)51(44-17-7-9-19-46(44)52)37-25-23-36(24-26-37)50-40(35-13-4-3-5-14-35)20-12-21-41(50)38-27-28-49-47(32-38)42-15-10-11-22-48(42)53-49/h3-32H,1-2H3. The molecule has 250 valence electrons. The van der Waals surface area contributed by atoms with Crippen molar-refractivity contribution in [3.05, 3.63) is 193 Å². The largest absolute Gasteiger partial charge is 0.456 e. The van der Waals surface area contributed by atoms with E-state index in [9.17, 15) is 0 Å². The molecular formula is C52H36O. The van der Waals surface area contributed by atoms with Crippen molar-refractivity contribution in [1.82, 2.24) is 0 Å². The summed E-state index contributed by atoms with van der Waals surface area (Å²) in [6.45, 7) is 4.38. The highest BCUT2D eigenvalue weighted by molar-refractivity contribution is 6.21. The van der Waals surface area contributed by atoms with Gasteiger partial charge in [0.05, 0.1) is 0 Å². The Morgan fingerprint density at radius 3 is 1.38 bits per heavy atom. The highest BCUT2D eigenvalue weighted by Crippen LogP contribution is 2.46.